The molecular formula is C14H19ClO10. The third-order valence-corrected chi connectivity index (χ3v) is 2.82. The van der Waals surface area contributed by atoms with Gasteiger partial charge in [0.05, 0.1) is 6.61 Å². The molecule has 0 spiro atoms. The number of aliphatic hydroxyl groups is 1. The Hall–Kier alpha value is -2.20. The molecule has 0 heterocycles. The smallest absolute Gasteiger partial charge is 0.303 e. The summed E-state index contributed by atoms with van der Waals surface area (Å²) in [4.78, 5) is 56.7. The predicted molar refractivity (Wildman–Crippen MR) is 80.2 cm³/mol. The quantitative estimate of drug-likeness (QED) is 0.314. The van der Waals surface area contributed by atoms with Gasteiger partial charge in [0.15, 0.2) is 18.3 Å². The molecule has 1 N–H and O–H groups in total. The van der Waals surface area contributed by atoms with Crippen LogP contribution in [-0.4, -0.2) is 65.2 Å². The third-order valence-electron chi connectivity index (χ3n) is 2.61. The Bertz CT molecular complexity index is 532. The van der Waals surface area contributed by atoms with E-state index in [1.807, 2.05) is 0 Å². The van der Waals surface area contributed by atoms with Crippen molar-refractivity contribution in [2.75, 3.05) is 6.61 Å². The minimum Gasteiger partial charge on any atom is -0.456 e. The second kappa shape index (κ2) is 10.6. The Kier molecular flexibility index (Phi) is 9.69. The lowest BCUT2D eigenvalue weighted by Gasteiger charge is -2.33. The number of hydrogen-bond acceptors (Lipinski definition) is 10. The Morgan fingerprint density at radius 1 is 0.760 bits per heavy atom. The van der Waals surface area contributed by atoms with E-state index in [9.17, 15) is 29.1 Å². The van der Waals surface area contributed by atoms with Gasteiger partial charge in [-0.3, -0.25) is 24.0 Å². The van der Waals surface area contributed by atoms with Crippen molar-refractivity contribution >= 4 is 40.7 Å². The largest absolute Gasteiger partial charge is 0.456 e. The van der Waals surface area contributed by atoms with E-state index < -0.39 is 60.1 Å². The van der Waals surface area contributed by atoms with Crippen LogP contribution in [0.25, 0.3) is 0 Å². The van der Waals surface area contributed by atoms with Crippen molar-refractivity contribution in [2.24, 2.45) is 0 Å². The van der Waals surface area contributed by atoms with E-state index in [4.69, 9.17) is 30.5 Å². The average molecular weight is 383 g/mol. The summed E-state index contributed by atoms with van der Waals surface area (Å²) >= 11 is 5.38. The number of esters is 4. The number of ether oxygens (including phenoxy) is 4. The lowest BCUT2D eigenvalue weighted by atomic mass is 10.0. The highest BCUT2D eigenvalue weighted by Crippen LogP contribution is 2.21. The summed E-state index contributed by atoms with van der Waals surface area (Å²) in [7, 11) is 0. The molecule has 0 aliphatic heterocycles. The summed E-state index contributed by atoms with van der Waals surface area (Å²) in [5.74, 6) is -3.63. The van der Waals surface area contributed by atoms with Gasteiger partial charge in [-0.1, -0.05) is 0 Å². The van der Waals surface area contributed by atoms with E-state index >= 15 is 0 Å². The first-order valence-corrected chi connectivity index (χ1v) is 7.36. The number of aliphatic hydroxyl groups excluding tert-OH is 1. The Labute approximate surface area is 148 Å². The van der Waals surface area contributed by atoms with Gasteiger partial charge in [-0.15, -0.1) is 0 Å². The fraction of sp³-hybridized carbons (Fsp3) is 0.643. The molecule has 25 heavy (non-hydrogen) atoms. The van der Waals surface area contributed by atoms with Crippen LogP contribution >= 0.6 is 11.6 Å². The van der Waals surface area contributed by atoms with Gasteiger partial charge in [0.2, 0.25) is 6.10 Å². The first-order chi connectivity index (χ1) is 11.5. The maximum absolute atomic E-state index is 11.6. The maximum atomic E-state index is 11.6. The summed E-state index contributed by atoms with van der Waals surface area (Å²) < 4.78 is 19.4. The van der Waals surface area contributed by atoms with E-state index in [1.165, 1.54) is 0 Å². The van der Waals surface area contributed by atoms with Gasteiger partial charge in [-0.25, -0.2) is 0 Å². The molecule has 0 amide bonds. The maximum Gasteiger partial charge on any atom is 0.303 e. The van der Waals surface area contributed by atoms with E-state index in [-0.39, 0.29) is 0 Å². The number of carbonyl (C=O) groups is 5. The van der Waals surface area contributed by atoms with Crippen LogP contribution in [0.15, 0.2) is 0 Å². The van der Waals surface area contributed by atoms with E-state index in [0.29, 0.717) is 0 Å². The molecule has 0 aromatic rings. The molecule has 0 fully saturated rings. The van der Waals surface area contributed by atoms with Gasteiger partial charge >= 0.3 is 23.9 Å². The Morgan fingerprint density at radius 2 is 1.16 bits per heavy atom. The zero-order valence-corrected chi connectivity index (χ0v) is 14.8. The molecule has 0 rings (SSSR count). The van der Waals surface area contributed by atoms with Crippen molar-refractivity contribution in [1.29, 1.82) is 0 Å². The molecule has 142 valence electrons. The molecule has 0 saturated heterocycles. The van der Waals surface area contributed by atoms with E-state index in [2.05, 4.69) is 0 Å². The lowest BCUT2D eigenvalue weighted by molar-refractivity contribution is -0.200. The topological polar surface area (TPSA) is 142 Å². The monoisotopic (exact) mass is 382 g/mol. The lowest BCUT2D eigenvalue weighted by Crippen LogP contribution is -2.54. The van der Waals surface area contributed by atoms with Gasteiger partial charge in [0.25, 0.3) is 5.24 Å². The van der Waals surface area contributed by atoms with E-state index in [0.717, 1.165) is 27.7 Å². The van der Waals surface area contributed by atoms with Crippen LogP contribution < -0.4 is 0 Å². The van der Waals surface area contributed by atoms with Gasteiger partial charge in [-0.05, 0) is 11.6 Å². The molecule has 4 atom stereocenters. The molecular weight excluding hydrogens is 364 g/mol. The van der Waals surface area contributed by atoms with Crippen molar-refractivity contribution in [3.05, 3.63) is 0 Å². The van der Waals surface area contributed by atoms with Crippen LogP contribution in [0, 0.1) is 0 Å². The minimum absolute atomic E-state index is 0.848. The van der Waals surface area contributed by atoms with Gasteiger partial charge in [0, 0.05) is 27.7 Å². The standard InChI is InChI=1S/C14H19ClO10/c1-6(17)22-10(5-16)11(23-7(2)18)12(24-8(3)19)13(14(15)21)25-9(4)20/h10-13,16H,5H2,1-4H3/t10-,11-,12-,13+/m1/s1. The molecule has 0 unspecified atom stereocenters. The van der Waals surface area contributed by atoms with Crippen LogP contribution in [0.2, 0.25) is 0 Å². The van der Waals surface area contributed by atoms with Gasteiger partial charge in [0.1, 0.15) is 0 Å². The molecule has 0 radical (unpaired) electrons. The number of rotatable bonds is 9. The Balaban J connectivity index is 5.98. The molecule has 0 aromatic carbocycles. The second-order valence-electron chi connectivity index (χ2n) is 4.81. The highest BCUT2D eigenvalue weighted by molar-refractivity contribution is 6.64. The predicted octanol–water partition coefficient (Wildman–Crippen LogP) is -0.529. The van der Waals surface area contributed by atoms with Crippen molar-refractivity contribution in [3.63, 3.8) is 0 Å². The molecule has 0 bridgehead atoms. The SMILES string of the molecule is CC(=O)O[C@H]([C@H](OC(C)=O)[C@@H](CO)OC(C)=O)[C@H](OC(C)=O)C(=O)Cl. The number of halogens is 1. The van der Waals surface area contributed by atoms with Crippen LogP contribution in [0.3, 0.4) is 0 Å². The highest BCUT2D eigenvalue weighted by Gasteiger charge is 2.45. The van der Waals surface area contributed by atoms with Gasteiger partial charge < -0.3 is 24.1 Å². The van der Waals surface area contributed by atoms with Crippen molar-refractivity contribution < 1.29 is 48.0 Å². The minimum atomic E-state index is -1.86. The fourth-order valence-corrected chi connectivity index (χ4v) is 2.05. The molecule has 0 aliphatic rings. The highest BCUT2D eigenvalue weighted by atomic mass is 35.5. The summed E-state index contributed by atoms with van der Waals surface area (Å²) in [5.41, 5.74) is 0. The fourth-order valence-electron chi connectivity index (χ4n) is 1.88. The summed E-state index contributed by atoms with van der Waals surface area (Å²) in [5, 5.41) is 8.17. The van der Waals surface area contributed by atoms with Crippen LogP contribution in [0.1, 0.15) is 27.7 Å². The molecule has 10 nitrogen and oxygen atoms in total. The first kappa shape index (κ1) is 22.8. The molecule has 11 heteroatoms. The Morgan fingerprint density at radius 3 is 1.48 bits per heavy atom. The van der Waals surface area contributed by atoms with Gasteiger partial charge in [-0.2, -0.15) is 0 Å². The normalized spacial score (nSPS) is 15.1. The third kappa shape index (κ3) is 8.45. The summed E-state index contributed by atoms with van der Waals surface area (Å²) in [6, 6.07) is 0. The second-order valence-corrected chi connectivity index (χ2v) is 5.19. The zero-order chi connectivity index (χ0) is 19.7. The summed E-state index contributed by atoms with van der Waals surface area (Å²) in [6.45, 7) is 3.10. The number of hydrogen-bond donors (Lipinski definition) is 1. The average Bonchev–Trinajstić information content (AvgIpc) is 2.45. The molecule has 0 aromatic heterocycles. The number of carbonyl (C=O) groups excluding carboxylic acids is 5. The zero-order valence-electron chi connectivity index (χ0n) is 14.0. The van der Waals surface area contributed by atoms with Crippen molar-refractivity contribution in [1.82, 2.24) is 0 Å². The van der Waals surface area contributed by atoms with Crippen LogP contribution in [0.4, 0.5) is 0 Å². The molecule has 0 aliphatic carbocycles. The van der Waals surface area contributed by atoms with E-state index in [1.54, 1.807) is 0 Å². The first-order valence-electron chi connectivity index (χ1n) is 6.98. The van der Waals surface area contributed by atoms with Crippen molar-refractivity contribution in [2.45, 2.75) is 52.1 Å². The molecule has 0 saturated carbocycles. The summed E-state index contributed by atoms with van der Waals surface area (Å²) in [6.07, 6.45) is -6.80. The van der Waals surface area contributed by atoms with Crippen LogP contribution in [-0.2, 0) is 42.9 Å². The van der Waals surface area contributed by atoms with Crippen molar-refractivity contribution in [3.8, 4) is 0 Å². The van der Waals surface area contributed by atoms with Crippen LogP contribution in [0.5, 0.6) is 0 Å².